The van der Waals surface area contributed by atoms with Crippen LogP contribution in [0.25, 0.3) is 10.9 Å². The van der Waals surface area contributed by atoms with Crippen LogP contribution in [-0.2, 0) is 29.5 Å². The van der Waals surface area contributed by atoms with E-state index in [0.29, 0.717) is 12.8 Å². The van der Waals surface area contributed by atoms with Gasteiger partial charge < -0.3 is 9.72 Å². The molecule has 1 saturated heterocycles. The summed E-state index contributed by atoms with van der Waals surface area (Å²) in [5, 5.41) is 11.1. The van der Waals surface area contributed by atoms with E-state index < -0.39 is 5.41 Å². The summed E-state index contributed by atoms with van der Waals surface area (Å²) in [5.41, 5.74) is 4.14. The topological polar surface area (TPSA) is 69.1 Å². The van der Waals surface area contributed by atoms with Crippen LogP contribution in [0, 0.1) is 11.3 Å². The minimum atomic E-state index is -0.688. The predicted molar refractivity (Wildman–Crippen MR) is 123 cm³/mol. The van der Waals surface area contributed by atoms with Crippen LogP contribution >= 0.6 is 0 Å². The molecule has 0 spiro atoms. The highest BCUT2D eigenvalue weighted by Gasteiger charge is 2.27. The highest BCUT2D eigenvalue weighted by molar-refractivity contribution is 5.80. The third-order valence-electron chi connectivity index (χ3n) is 6.25. The average Bonchev–Trinajstić information content (AvgIpc) is 2.79. The molecule has 2 heterocycles. The van der Waals surface area contributed by atoms with Crippen molar-refractivity contribution in [1.29, 1.82) is 5.26 Å². The number of hydrogen-bond acceptors (Lipinski definition) is 4. The molecule has 1 aromatic heterocycles. The average molecular weight is 416 g/mol. The smallest absolute Gasteiger partial charge is 0.251 e. The molecule has 4 rings (SSSR count). The summed E-state index contributed by atoms with van der Waals surface area (Å²) in [6.45, 7) is 8.33. The Morgan fingerprint density at radius 1 is 1.13 bits per heavy atom. The molecular formula is C26H29N3O2. The first-order chi connectivity index (χ1) is 15.0. The third-order valence-corrected chi connectivity index (χ3v) is 6.25. The van der Waals surface area contributed by atoms with Crippen molar-refractivity contribution in [1.82, 2.24) is 9.88 Å². The van der Waals surface area contributed by atoms with Crippen molar-refractivity contribution in [2.24, 2.45) is 0 Å². The molecule has 0 bridgehead atoms. The molecule has 1 N–H and O–H groups in total. The molecule has 1 aliphatic rings. The Kier molecular flexibility index (Phi) is 6.22. The Morgan fingerprint density at radius 3 is 2.65 bits per heavy atom. The van der Waals surface area contributed by atoms with Crippen LogP contribution in [0.5, 0.6) is 0 Å². The molecular weight excluding hydrogens is 386 g/mol. The number of nitriles is 1. The van der Waals surface area contributed by atoms with Gasteiger partial charge in [-0.3, -0.25) is 9.69 Å². The summed E-state index contributed by atoms with van der Waals surface area (Å²) in [6, 6.07) is 19.0. The van der Waals surface area contributed by atoms with Gasteiger partial charge in [0.1, 0.15) is 0 Å². The van der Waals surface area contributed by atoms with Crippen molar-refractivity contribution in [3.05, 3.63) is 81.1 Å². The normalized spacial score (nSPS) is 16.7. The van der Waals surface area contributed by atoms with E-state index in [0.717, 1.165) is 60.4 Å². The largest absolute Gasteiger partial charge is 0.379 e. The number of ether oxygens (including phenoxy) is 1. The number of rotatable bonds is 6. The number of pyridine rings is 1. The van der Waals surface area contributed by atoms with Gasteiger partial charge in [0.05, 0.1) is 24.7 Å². The van der Waals surface area contributed by atoms with Gasteiger partial charge in [-0.15, -0.1) is 0 Å². The van der Waals surface area contributed by atoms with Crippen LogP contribution < -0.4 is 5.56 Å². The number of nitrogens with zero attached hydrogens (tertiary/aromatic N) is 2. The minimum absolute atomic E-state index is 0.0541. The molecule has 5 nitrogen and oxygen atoms in total. The standard InChI is InChI=1S/C26H29N3O2/c1-3-21-14-22-7-8-23(15-24(22)28-25(21)30)26(2,18-27)16-19-5-4-6-20(13-19)17-29-9-11-31-12-10-29/h4-8,13-15H,3,9-12,16-17H2,1-2H3,(H,28,30). The zero-order chi connectivity index (χ0) is 21.8. The van der Waals surface area contributed by atoms with Gasteiger partial charge in [0.25, 0.3) is 5.56 Å². The summed E-state index contributed by atoms with van der Waals surface area (Å²) < 4.78 is 5.44. The molecule has 3 aromatic rings. The predicted octanol–water partition coefficient (Wildman–Crippen LogP) is 3.95. The summed E-state index contributed by atoms with van der Waals surface area (Å²) in [5.74, 6) is 0. The van der Waals surface area contributed by atoms with Crippen molar-refractivity contribution in [2.75, 3.05) is 26.3 Å². The monoisotopic (exact) mass is 415 g/mol. The zero-order valence-electron chi connectivity index (χ0n) is 18.3. The second-order valence-corrected chi connectivity index (χ2v) is 8.61. The highest BCUT2D eigenvalue weighted by Crippen LogP contribution is 2.30. The van der Waals surface area contributed by atoms with Gasteiger partial charge in [0.2, 0.25) is 0 Å². The van der Waals surface area contributed by atoms with E-state index in [2.05, 4.69) is 40.2 Å². The number of morpholine rings is 1. The molecule has 2 aromatic carbocycles. The Bertz CT molecular complexity index is 1170. The van der Waals surface area contributed by atoms with Gasteiger partial charge in [-0.1, -0.05) is 43.3 Å². The van der Waals surface area contributed by atoms with Crippen LogP contribution in [0.2, 0.25) is 0 Å². The summed E-state index contributed by atoms with van der Waals surface area (Å²) >= 11 is 0. The number of hydrogen-bond donors (Lipinski definition) is 1. The molecule has 0 saturated carbocycles. The summed E-state index contributed by atoms with van der Waals surface area (Å²) in [4.78, 5) is 17.6. The Morgan fingerprint density at radius 2 is 1.90 bits per heavy atom. The molecule has 31 heavy (non-hydrogen) atoms. The van der Waals surface area contributed by atoms with E-state index in [1.807, 2.05) is 38.1 Å². The van der Waals surface area contributed by atoms with Gasteiger partial charge >= 0.3 is 0 Å². The maximum absolute atomic E-state index is 12.3. The fraction of sp³-hybridized carbons (Fsp3) is 0.385. The lowest BCUT2D eigenvalue weighted by Gasteiger charge is -2.27. The Balaban J connectivity index is 1.59. The quantitative estimate of drug-likeness (QED) is 0.662. The minimum Gasteiger partial charge on any atom is -0.379 e. The number of nitrogens with one attached hydrogen (secondary N) is 1. The first-order valence-corrected chi connectivity index (χ1v) is 11.0. The van der Waals surface area contributed by atoms with Gasteiger partial charge in [0.15, 0.2) is 0 Å². The van der Waals surface area contributed by atoms with Gasteiger partial charge in [-0.05, 0) is 54.0 Å². The van der Waals surface area contributed by atoms with E-state index in [9.17, 15) is 10.1 Å². The first kappa shape index (κ1) is 21.3. The van der Waals surface area contributed by atoms with Crippen LogP contribution in [0.3, 0.4) is 0 Å². The van der Waals surface area contributed by atoms with Crippen molar-refractivity contribution < 1.29 is 4.74 Å². The highest BCUT2D eigenvalue weighted by atomic mass is 16.5. The number of aromatic nitrogens is 1. The molecule has 1 unspecified atom stereocenters. The first-order valence-electron chi connectivity index (χ1n) is 11.0. The van der Waals surface area contributed by atoms with Gasteiger partial charge in [0, 0.05) is 30.7 Å². The summed E-state index contributed by atoms with van der Waals surface area (Å²) in [6.07, 6.45) is 1.31. The third kappa shape index (κ3) is 4.71. The SMILES string of the molecule is CCc1cc2ccc(C(C)(C#N)Cc3cccc(CN4CCOCC4)c3)cc2[nH]c1=O. The van der Waals surface area contributed by atoms with Crippen LogP contribution in [0.4, 0.5) is 0 Å². The number of aromatic amines is 1. The molecule has 160 valence electrons. The van der Waals surface area contributed by atoms with Crippen LogP contribution in [0.15, 0.2) is 53.3 Å². The van der Waals surface area contributed by atoms with Crippen molar-refractivity contribution in [3.8, 4) is 6.07 Å². The van der Waals surface area contributed by atoms with Gasteiger partial charge in [-0.25, -0.2) is 0 Å². The zero-order valence-corrected chi connectivity index (χ0v) is 18.3. The number of H-pyrrole nitrogens is 1. The van der Waals surface area contributed by atoms with Crippen molar-refractivity contribution in [2.45, 2.75) is 38.6 Å². The second kappa shape index (κ2) is 9.05. The van der Waals surface area contributed by atoms with Gasteiger partial charge in [-0.2, -0.15) is 5.26 Å². The van der Waals surface area contributed by atoms with E-state index in [1.165, 1.54) is 5.56 Å². The van der Waals surface area contributed by atoms with E-state index in [1.54, 1.807) is 0 Å². The maximum Gasteiger partial charge on any atom is 0.251 e. The molecule has 1 atom stereocenters. The lowest BCUT2D eigenvalue weighted by atomic mass is 9.78. The van der Waals surface area contributed by atoms with E-state index in [-0.39, 0.29) is 5.56 Å². The van der Waals surface area contributed by atoms with Crippen LogP contribution in [0.1, 0.15) is 36.1 Å². The summed E-state index contributed by atoms with van der Waals surface area (Å²) in [7, 11) is 0. The molecule has 0 aliphatic carbocycles. The molecule has 1 fully saturated rings. The second-order valence-electron chi connectivity index (χ2n) is 8.61. The molecule has 1 aliphatic heterocycles. The van der Waals surface area contributed by atoms with Crippen molar-refractivity contribution in [3.63, 3.8) is 0 Å². The van der Waals surface area contributed by atoms with E-state index >= 15 is 0 Å². The van der Waals surface area contributed by atoms with Crippen molar-refractivity contribution >= 4 is 10.9 Å². The fourth-order valence-corrected chi connectivity index (χ4v) is 4.32. The number of aryl methyl sites for hydroxylation is 1. The Labute approximate surface area is 183 Å². The molecule has 0 radical (unpaired) electrons. The fourth-order valence-electron chi connectivity index (χ4n) is 4.32. The Hall–Kier alpha value is -2.94. The number of benzene rings is 2. The van der Waals surface area contributed by atoms with E-state index in [4.69, 9.17) is 4.74 Å². The molecule has 5 heteroatoms. The lowest BCUT2D eigenvalue weighted by molar-refractivity contribution is 0.0342. The maximum atomic E-state index is 12.3. The lowest BCUT2D eigenvalue weighted by Crippen LogP contribution is -2.35. The number of fused-ring (bicyclic) bond motifs is 1. The van der Waals surface area contributed by atoms with Crippen LogP contribution in [-0.4, -0.2) is 36.2 Å². The molecule has 0 amide bonds.